The van der Waals surface area contributed by atoms with Crippen molar-refractivity contribution in [2.24, 2.45) is 0 Å². The van der Waals surface area contributed by atoms with Gasteiger partial charge in [0.1, 0.15) is 0 Å². The van der Waals surface area contributed by atoms with Gasteiger partial charge in [0.15, 0.2) is 0 Å². The van der Waals surface area contributed by atoms with Gasteiger partial charge in [0, 0.05) is 29.6 Å². The Morgan fingerprint density at radius 2 is 2.60 bits per heavy atom. The van der Waals surface area contributed by atoms with Gasteiger partial charge in [0.2, 0.25) is 0 Å². The number of thiazole rings is 1. The molecule has 0 saturated carbocycles. The molecule has 2 rings (SSSR count). The van der Waals surface area contributed by atoms with E-state index in [1.54, 1.807) is 0 Å². The molecule has 1 aliphatic rings. The van der Waals surface area contributed by atoms with Crippen molar-refractivity contribution >= 4 is 11.3 Å². The highest BCUT2D eigenvalue weighted by molar-refractivity contribution is 7.11. The fourth-order valence-corrected chi connectivity index (χ4v) is 3.06. The van der Waals surface area contributed by atoms with Gasteiger partial charge in [-0.1, -0.05) is 0 Å². The fourth-order valence-electron chi connectivity index (χ4n) is 1.88. The fraction of sp³-hybridized carbons (Fsp3) is 0.727. The zero-order valence-electron chi connectivity index (χ0n) is 9.42. The molecule has 1 aliphatic heterocycles. The number of nitrogens with zero attached hydrogens (tertiary/aromatic N) is 1. The Hall–Kier alpha value is -0.450. The van der Waals surface area contributed by atoms with Crippen LogP contribution < -0.4 is 10.6 Å². The summed E-state index contributed by atoms with van der Waals surface area (Å²) in [5.41, 5.74) is 0. The van der Waals surface area contributed by atoms with Gasteiger partial charge >= 0.3 is 0 Å². The highest BCUT2D eigenvalue weighted by Gasteiger charge is 2.19. The van der Waals surface area contributed by atoms with Crippen LogP contribution >= 0.6 is 11.3 Å². The molecule has 1 saturated heterocycles. The second-order valence-electron chi connectivity index (χ2n) is 4.25. The van der Waals surface area contributed by atoms with Crippen LogP contribution in [0.3, 0.4) is 0 Å². The van der Waals surface area contributed by atoms with E-state index in [-0.39, 0.29) is 0 Å². The molecular weight excluding hydrogens is 206 g/mol. The Morgan fingerprint density at radius 1 is 1.73 bits per heavy atom. The minimum atomic E-state index is 0.542. The molecule has 1 fully saturated rings. The first kappa shape index (κ1) is 11.0. The maximum absolute atomic E-state index is 4.54. The van der Waals surface area contributed by atoms with Crippen molar-refractivity contribution in [1.82, 2.24) is 15.6 Å². The molecule has 1 aromatic rings. The van der Waals surface area contributed by atoms with Crippen molar-refractivity contribution in [2.45, 2.75) is 31.7 Å². The number of nitrogens with one attached hydrogen (secondary N) is 2. The first-order valence-electron chi connectivity index (χ1n) is 5.62. The zero-order valence-corrected chi connectivity index (χ0v) is 10.2. The third kappa shape index (κ3) is 2.77. The van der Waals surface area contributed by atoms with Gasteiger partial charge in [0.25, 0.3) is 0 Å². The quantitative estimate of drug-likeness (QED) is 0.812. The summed E-state index contributed by atoms with van der Waals surface area (Å²) in [6.07, 6.45) is 4.38. The van der Waals surface area contributed by atoms with Crippen LogP contribution in [0.4, 0.5) is 0 Å². The van der Waals surface area contributed by atoms with Crippen LogP contribution in [-0.4, -0.2) is 31.2 Å². The number of rotatable bonds is 4. The van der Waals surface area contributed by atoms with Gasteiger partial charge in [-0.15, -0.1) is 11.3 Å². The Balaban J connectivity index is 1.97. The van der Waals surface area contributed by atoms with E-state index in [4.69, 9.17) is 0 Å². The zero-order chi connectivity index (χ0) is 10.7. The van der Waals surface area contributed by atoms with Crippen LogP contribution in [0.25, 0.3) is 0 Å². The largest absolute Gasteiger partial charge is 0.317 e. The lowest BCUT2D eigenvalue weighted by atomic mass is 10.1. The maximum Gasteiger partial charge on any atom is 0.0971 e. The van der Waals surface area contributed by atoms with Crippen LogP contribution in [0.5, 0.6) is 0 Å². The van der Waals surface area contributed by atoms with E-state index in [0.29, 0.717) is 12.0 Å². The minimum absolute atomic E-state index is 0.542. The van der Waals surface area contributed by atoms with Gasteiger partial charge in [-0.05, 0) is 33.4 Å². The van der Waals surface area contributed by atoms with Gasteiger partial charge in [0.05, 0.1) is 5.01 Å². The van der Waals surface area contributed by atoms with Crippen LogP contribution in [0, 0.1) is 0 Å². The molecule has 0 bridgehead atoms. The summed E-state index contributed by atoms with van der Waals surface area (Å²) in [5.74, 6) is 0.661. The van der Waals surface area contributed by atoms with Crippen molar-refractivity contribution in [2.75, 3.05) is 20.1 Å². The van der Waals surface area contributed by atoms with Gasteiger partial charge in [-0.2, -0.15) is 0 Å². The van der Waals surface area contributed by atoms with Crippen molar-refractivity contribution in [3.05, 3.63) is 16.1 Å². The van der Waals surface area contributed by atoms with Gasteiger partial charge in [-0.3, -0.25) is 0 Å². The number of hydrogen-bond donors (Lipinski definition) is 2. The lowest BCUT2D eigenvalue weighted by molar-refractivity contribution is 0.612. The monoisotopic (exact) mass is 225 g/mol. The highest BCUT2D eigenvalue weighted by atomic mass is 32.1. The second-order valence-corrected chi connectivity index (χ2v) is 5.40. The number of likely N-dealkylation sites (N-methyl/N-ethyl adjacent to an activating group) is 1. The van der Waals surface area contributed by atoms with E-state index in [1.165, 1.54) is 16.3 Å². The Bertz CT molecular complexity index is 305. The van der Waals surface area contributed by atoms with E-state index in [2.05, 4.69) is 22.5 Å². The van der Waals surface area contributed by atoms with Crippen LogP contribution in [-0.2, 0) is 6.42 Å². The van der Waals surface area contributed by atoms with E-state index >= 15 is 0 Å². The van der Waals surface area contributed by atoms with Gasteiger partial charge in [-0.25, -0.2) is 4.98 Å². The standard InChI is InChI=1S/C11H19N3S/c1-8(12-2)5-10-7-14-11(15-10)9-3-4-13-6-9/h7-9,12-13H,3-6H2,1-2H3. The first-order valence-corrected chi connectivity index (χ1v) is 6.44. The second kappa shape index (κ2) is 5.05. The predicted molar refractivity (Wildman–Crippen MR) is 64.6 cm³/mol. The molecule has 2 unspecified atom stereocenters. The van der Waals surface area contributed by atoms with E-state index in [0.717, 1.165) is 19.5 Å². The van der Waals surface area contributed by atoms with Crippen LogP contribution in [0.2, 0.25) is 0 Å². The molecule has 15 heavy (non-hydrogen) atoms. The third-order valence-corrected chi connectivity index (χ3v) is 4.16. The molecule has 1 aromatic heterocycles. The lowest BCUT2D eigenvalue weighted by Gasteiger charge is -2.06. The average Bonchev–Trinajstić information content (AvgIpc) is 2.85. The molecule has 2 N–H and O–H groups in total. The highest BCUT2D eigenvalue weighted by Crippen LogP contribution is 2.27. The molecule has 4 heteroatoms. The molecule has 0 aromatic carbocycles. The topological polar surface area (TPSA) is 37.0 Å². The minimum Gasteiger partial charge on any atom is -0.317 e. The van der Waals surface area contributed by atoms with E-state index < -0.39 is 0 Å². The molecule has 0 amide bonds. The smallest absolute Gasteiger partial charge is 0.0971 e. The summed E-state index contributed by atoms with van der Waals surface area (Å²) < 4.78 is 0. The molecule has 0 radical (unpaired) electrons. The SMILES string of the molecule is CNC(C)Cc1cnc(C2CCNC2)s1. The summed E-state index contributed by atoms with van der Waals surface area (Å²) >= 11 is 1.88. The molecule has 0 spiro atoms. The maximum atomic E-state index is 4.54. The lowest BCUT2D eigenvalue weighted by Crippen LogP contribution is -2.22. The van der Waals surface area contributed by atoms with E-state index in [1.807, 2.05) is 24.6 Å². The number of aromatic nitrogens is 1. The normalized spacial score (nSPS) is 23.2. The van der Waals surface area contributed by atoms with E-state index in [9.17, 15) is 0 Å². The average molecular weight is 225 g/mol. The molecule has 84 valence electrons. The first-order chi connectivity index (χ1) is 7.29. The molecule has 3 nitrogen and oxygen atoms in total. The summed E-state index contributed by atoms with van der Waals surface area (Å²) in [6, 6.07) is 0.542. The van der Waals surface area contributed by atoms with Crippen molar-refractivity contribution in [3.8, 4) is 0 Å². The summed E-state index contributed by atoms with van der Waals surface area (Å²) in [7, 11) is 2.01. The number of hydrogen-bond acceptors (Lipinski definition) is 4. The summed E-state index contributed by atoms with van der Waals surface area (Å²) in [5, 5.41) is 7.96. The Labute approximate surface area is 95.3 Å². The predicted octanol–water partition coefficient (Wildman–Crippen LogP) is 1.37. The summed E-state index contributed by atoms with van der Waals surface area (Å²) in [6.45, 7) is 4.46. The van der Waals surface area contributed by atoms with Crippen molar-refractivity contribution in [1.29, 1.82) is 0 Å². The molecule has 2 heterocycles. The third-order valence-electron chi connectivity index (χ3n) is 2.98. The van der Waals surface area contributed by atoms with Crippen molar-refractivity contribution < 1.29 is 0 Å². The van der Waals surface area contributed by atoms with Gasteiger partial charge < -0.3 is 10.6 Å². The van der Waals surface area contributed by atoms with Crippen molar-refractivity contribution in [3.63, 3.8) is 0 Å². The van der Waals surface area contributed by atoms with Crippen LogP contribution in [0.1, 0.15) is 29.1 Å². The molecular formula is C11H19N3S. The molecule has 0 aliphatic carbocycles. The summed E-state index contributed by atoms with van der Waals surface area (Å²) in [4.78, 5) is 5.94. The Kier molecular flexibility index (Phi) is 3.72. The van der Waals surface area contributed by atoms with Crippen LogP contribution in [0.15, 0.2) is 6.20 Å². The molecule has 2 atom stereocenters. The Morgan fingerprint density at radius 3 is 3.27 bits per heavy atom.